The van der Waals surface area contributed by atoms with Crippen molar-refractivity contribution in [3.8, 4) is 0 Å². The van der Waals surface area contributed by atoms with E-state index in [1.54, 1.807) is 0 Å². The highest BCUT2D eigenvalue weighted by Crippen LogP contribution is 2.07. The number of rotatable bonds is 8. The Bertz CT molecular complexity index is 354. The van der Waals surface area contributed by atoms with Crippen LogP contribution in [0.4, 0.5) is 0 Å². The minimum Gasteiger partial charge on any atom is -0.480 e. The van der Waals surface area contributed by atoms with E-state index in [1.165, 1.54) is 0 Å². The Morgan fingerprint density at radius 2 is 2.15 bits per heavy atom. The summed E-state index contributed by atoms with van der Waals surface area (Å²) in [5.74, 6) is -2.15. The number of aliphatic carboxylic acids is 1. The molecule has 0 spiro atoms. The number of carboxylic acid groups (broad SMARTS) is 1. The van der Waals surface area contributed by atoms with Crippen LogP contribution in [-0.2, 0) is 19.1 Å². The van der Waals surface area contributed by atoms with E-state index < -0.39 is 18.0 Å². The van der Waals surface area contributed by atoms with Gasteiger partial charge in [0.1, 0.15) is 12.6 Å². The third kappa shape index (κ3) is 5.54. The molecular formula is C12H20N2O6. The third-order valence-electron chi connectivity index (χ3n) is 2.98. The number of amides is 1. The average Bonchev–Trinajstić information content (AvgIpc) is 2.94. The van der Waals surface area contributed by atoms with Gasteiger partial charge in [0.05, 0.1) is 12.6 Å². The summed E-state index contributed by atoms with van der Waals surface area (Å²) in [6.07, 6.45) is 1.38. The predicted octanol–water partition coefficient (Wildman–Crippen LogP) is -1.38. The molecular weight excluding hydrogens is 268 g/mol. The second-order valence-corrected chi connectivity index (χ2v) is 4.53. The number of carboxylic acids is 1. The molecule has 1 aliphatic heterocycles. The molecule has 4 N–H and O–H groups in total. The van der Waals surface area contributed by atoms with Crippen molar-refractivity contribution in [1.29, 1.82) is 0 Å². The first kappa shape index (κ1) is 16.4. The monoisotopic (exact) mass is 288 g/mol. The van der Waals surface area contributed by atoms with Crippen molar-refractivity contribution in [3.05, 3.63) is 0 Å². The minimum absolute atomic E-state index is 0.0436. The van der Waals surface area contributed by atoms with Crippen LogP contribution in [0.15, 0.2) is 0 Å². The molecule has 8 heteroatoms. The number of ether oxygens (including phenoxy) is 1. The number of hydrogen-bond acceptors (Lipinski definition) is 6. The van der Waals surface area contributed by atoms with Crippen molar-refractivity contribution >= 4 is 17.8 Å². The topological polar surface area (TPSA) is 125 Å². The van der Waals surface area contributed by atoms with Gasteiger partial charge in [-0.3, -0.25) is 9.59 Å². The van der Waals surface area contributed by atoms with Gasteiger partial charge in [-0.2, -0.15) is 0 Å². The molecule has 1 rings (SSSR count). The number of carbonyl (C=O) groups excluding carboxylic acids is 2. The Morgan fingerprint density at radius 1 is 1.40 bits per heavy atom. The molecule has 0 aliphatic carbocycles. The fraction of sp³-hybridized carbons (Fsp3) is 0.750. The molecule has 0 bridgehead atoms. The lowest BCUT2D eigenvalue weighted by atomic mass is 10.1. The van der Waals surface area contributed by atoms with Crippen LogP contribution in [-0.4, -0.2) is 59.9 Å². The zero-order chi connectivity index (χ0) is 15.0. The molecule has 2 atom stereocenters. The Morgan fingerprint density at radius 3 is 2.70 bits per heavy atom. The second-order valence-electron chi connectivity index (χ2n) is 4.53. The summed E-state index contributed by atoms with van der Waals surface area (Å²) >= 11 is 0. The summed E-state index contributed by atoms with van der Waals surface area (Å²) in [6.45, 7) is 0.344. The summed E-state index contributed by atoms with van der Waals surface area (Å²) in [6, 6.07) is -1.48. The predicted molar refractivity (Wildman–Crippen MR) is 67.9 cm³/mol. The number of aliphatic hydroxyl groups is 1. The van der Waals surface area contributed by atoms with Gasteiger partial charge in [0.25, 0.3) is 0 Å². The van der Waals surface area contributed by atoms with Crippen LogP contribution in [0.5, 0.6) is 0 Å². The van der Waals surface area contributed by atoms with Crippen LogP contribution in [0.1, 0.15) is 25.7 Å². The third-order valence-corrected chi connectivity index (χ3v) is 2.98. The SMILES string of the molecule is O=C(CC[C@H](NC(=O)[C@@H]1CCCN1)C(=O)O)OCCO. The highest BCUT2D eigenvalue weighted by atomic mass is 16.5. The van der Waals surface area contributed by atoms with Crippen molar-refractivity contribution in [2.75, 3.05) is 19.8 Å². The lowest BCUT2D eigenvalue weighted by Crippen LogP contribution is -2.48. The maximum atomic E-state index is 11.8. The fourth-order valence-corrected chi connectivity index (χ4v) is 1.93. The van der Waals surface area contributed by atoms with Crippen molar-refractivity contribution in [3.63, 3.8) is 0 Å². The molecule has 1 saturated heterocycles. The zero-order valence-corrected chi connectivity index (χ0v) is 11.1. The van der Waals surface area contributed by atoms with E-state index in [2.05, 4.69) is 15.4 Å². The lowest BCUT2D eigenvalue weighted by Gasteiger charge is -2.17. The smallest absolute Gasteiger partial charge is 0.326 e. The number of nitrogens with one attached hydrogen (secondary N) is 2. The van der Waals surface area contributed by atoms with Crippen LogP contribution in [0, 0.1) is 0 Å². The van der Waals surface area contributed by atoms with Crippen LogP contribution in [0.25, 0.3) is 0 Å². The molecule has 1 fully saturated rings. The minimum atomic E-state index is -1.19. The van der Waals surface area contributed by atoms with Gasteiger partial charge in [0.2, 0.25) is 5.91 Å². The highest BCUT2D eigenvalue weighted by Gasteiger charge is 2.27. The van der Waals surface area contributed by atoms with E-state index in [0.717, 1.165) is 13.0 Å². The molecule has 20 heavy (non-hydrogen) atoms. The van der Waals surface area contributed by atoms with Gasteiger partial charge >= 0.3 is 11.9 Å². The Labute approximate surface area is 116 Å². The molecule has 1 heterocycles. The van der Waals surface area contributed by atoms with E-state index in [-0.39, 0.29) is 38.0 Å². The maximum Gasteiger partial charge on any atom is 0.326 e. The number of carbonyl (C=O) groups is 3. The first-order chi connectivity index (χ1) is 9.54. The number of hydrogen-bond donors (Lipinski definition) is 4. The molecule has 0 aromatic heterocycles. The largest absolute Gasteiger partial charge is 0.480 e. The van der Waals surface area contributed by atoms with Crippen LogP contribution < -0.4 is 10.6 Å². The highest BCUT2D eigenvalue weighted by molar-refractivity contribution is 5.87. The Kier molecular flexibility index (Phi) is 6.96. The maximum absolute atomic E-state index is 11.8. The van der Waals surface area contributed by atoms with E-state index in [0.29, 0.717) is 6.42 Å². The van der Waals surface area contributed by atoms with Gasteiger partial charge < -0.3 is 25.6 Å². The van der Waals surface area contributed by atoms with Crippen molar-refractivity contribution < 1.29 is 29.3 Å². The molecule has 1 aliphatic rings. The van der Waals surface area contributed by atoms with Crippen molar-refractivity contribution in [2.24, 2.45) is 0 Å². The summed E-state index contributed by atoms with van der Waals surface area (Å²) in [5, 5.41) is 22.9. The van der Waals surface area contributed by atoms with Crippen LogP contribution in [0.3, 0.4) is 0 Å². The van der Waals surface area contributed by atoms with Gasteiger partial charge in [0.15, 0.2) is 0 Å². The molecule has 1 amide bonds. The fourth-order valence-electron chi connectivity index (χ4n) is 1.93. The average molecular weight is 288 g/mol. The second kappa shape index (κ2) is 8.49. The zero-order valence-electron chi connectivity index (χ0n) is 11.1. The van der Waals surface area contributed by atoms with Gasteiger partial charge in [-0.15, -0.1) is 0 Å². The van der Waals surface area contributed by atoms with Crippen LogP contribution in [0.2, 0.25) is 0 Å². The normalized spacial score (nSPS) is 19.4. The summed E-state index contributed by atoms with van der Waals surface area (Å²) in [4.78, 5) is 34.1. The van der Waals surface area contributed by atoms with Crippen molar-refractivity contribution in [1.82, 2.24) is 10.6 Å². The van der Waals surface area contributed by atoms with Gasteiger partial charge in [0, 0.05) is 6.42 Å². The Balaban J connectivity index is 2.38. The molecule has 114 valence electrons. The summed E-state index contributed by atoms with van der Waals surface area (Å²) in [5.41, 5.74) is 0. The van der Waals surface area contributed by atoms with Crippen LogP contribution >= 0.6 is 0 Å². The molecule has 0 saturated carbocycles. The van der Waals surface area contributed by atoms with E-state index in [9.17, 15) is 14.4 Å². The molecule has 0 radical (unpaired) electrons. The van der Waals surface area contributed by atoms with Gasteiger partial charge in [-0.25, -0.2) is 4.79 Å². The summed E-state index contributed by atoms with van der Waals surface area (Å²) < 4.78 is 4.62. The van der Waals surface area contributed by atoms with Gasteiger partial charge in [-0.1, -0.05) is 0 Å². The molecule has 0 aromatic rings. The molecule has 0 aromatic carbocycles. The lowest BCUT2D eigenvalue weighted by molar-refractivity contribution is -0.146. The van der Waals surface area contributed by atoms with E-state index >= 15 is 0 Å². The quantitative estimate of drug-likeness (QED) is 0.406. The summed E-state index contributed by atoms with van der Waals surface area (Å²) in [7, 11) is 0. The Hall–Kier alpha value is -1.67. The molecule has 8 nitrogen and oxygen atoms in total. The number of aliphatic hydroxyl groups excluding tert-OH is 1. The van der Waals surface area contributed by atoms with E-state index in [4.69, 9.17) is 10.2 Å². The standard InChI is InChI=1S/C12H20N2O6/c15-6-7-20-10(16)4-3-9(12(18)19)14-11(17)8-2-1-5-13-8/h8-9,13,15H,1-7H2,(H,14,17)(H,18,19)/t8-,9-/m0/s1. The first-order valence-electron chi connectivity index (χ1n) is 6.57. The van der Waals surface area contributed by atoms with Gasteiger partial charge in [-0.05, 0) is 25.8 Å². The molecule has 0 unspecified atom stereocenters. The number of esters is 1. The first-order valence-corrected chi connectivity index (χ1v) is 6.57. The van der Waals surface area contributed by atoms with E-state index in [1.807, 2.05) is 0 Å². The van der Waals surface area contributed by atoms with Crippen molar-refractivity contribution in [2.45, 2.75) is 37.8 Å².